The SMILES string of the molecule is CNC(C)Cc1noc(C2CCN(C(=O)c3ccccc3)CC2)n1. The molecule has 2 heterocycles. The van der Waals surface area contributed by atoms with E-state index in [1.54, 1.807) is 0 Å². The number of benzene rings is 1. The number of hydrogen-bond acceptors (Lipinski definition) is 5. The summed E-state index contributed by atoms with van der Waals surface area (Å²) in [5, 5.41) is 7.24. The molecule has 1 amide bonds. The molecule has 6 nitrogen and oxygen atoms in total. The lowest BCUT2D eigenvalue weighted by molar-refractivity contribution is 0.0704. The highest BCUT2D eigenvalue weighted by Crippen LogP contribution is 2.27. The average molecular weight is 328 g/mol. The summed E-state index contributed by atoms with van der Waals surface area (Å²) in [4.78, 5) is 18.9. The third-order valence-electron chi connectivity index (χ3n) is 4.62. The predicted molar refractivity (Wildman–Crippen MR) is 90.8 cm³/mol. The van der Waals surface area contributed by atoms with Crippen LogP contribution in [0.4, 0.5) is 0 Å². The molecule has 6 heteroatoms. The number of likely N-dealkylation sites (N-methyl/N-ethyl adjacent to an activating group) is 1. The highest BCUT2D eigenvalue weighted by molar-refractivity contribution is 5.94. The minimum Gasteiger partial charge on any atom is -0.339 e. The standard InChI is InChI=1S/C18H24N4O2/c1-13(19-2)12-16-20-17(24-21-16)14-8-10-22(11-9-14)18(23)15-6-4-3-5-7-15/h3-7,13-14,19H,8-12H2,1-2H3. The lowest BCUT2D eigenvalue weighted by atomic mass is 9.96. The van der Waals surface area contributed by atoms with Crippen LogP contribution >= 0.6 is 0 Å². The van der Waals surface area contributed by atoms with Crippen molar-refractivity contribution >= 4 is 5.91 Å². The van der Waals surface area contributed by atoms with Crippen molar-refractivity contribution in [2.24, 2.45) is 0 Å². The van der Waals surface area contributed by atoms with Crippen molar-refractivity contribution in [3.05, 3.63) is 47.6 Å². The van der Waals surface area contributed by atoms with Crippen LogP contribution in [-0.2, 0) is 6.42 Å². The van der Waals surface area contributed by atoms with E-state index in [9.17, 15) is 4.79 Å². The molecule has 1 aromatic heterocycles. The molecular formula is C18H24N4O2. The van der Waals surface area contributed by atoms with Crippen molar-refractivity contribution in [3.8, 4) is 0 Å². The number of carbonyl (C=O) groups excluding carboxylic acids is 1. The molecule has 0 bridgehead atoms. The fraction of sp³-hybridized carbons (Fsp3) is 0.500. The molecule has 0 spiro atoms. The van der Waals surface area contributed by atoms with E-state index in [-0.39, 0.29) is 11.8 Å². The lowest BCUT2D eigenvalue weighted by Crippen LogP contribution is -2.38. The normalized spacial score (nSPS) is 17.0. The number of likely N-dealkylation sites (tertiary alicyclic amines) is 1. The van der Waals surface area contributed by atoms with Crippen LogP contribution in [0.5, 0.6) is 0 Å². The van der Waals surface area contributed by atoms with E-state index in [1.165, 1.54) is 0 Å². The minimum atomic E-state index is 0.100. The maximum atomic E-state index is 12.5. The molecule has 0 aliphatic carbocycles. The Balaban J connectivity index is 1.56. The maximum Gasteiger partial charge on any atom is 0.253 e. The van der Waals surface area contributed by atoms with E-state index >= 15 is 0 Å². The molecule has 24 heavy (non-hydrogen) atoms. The van der Waals surface area contributed by atoms with Crippen molar-refractivity contribution in [2.75, 3.05) is 20.1 Å². The Kier molecular flexibility index (Phi) is 5.25. The van der Waals surface area contributed by atoms with E-state index in [0.29, 0.717) is 11.9 Å². The van der Waals surface area contributed by atoms with E-state index in [2.05, 4.69) is 22.4 Å². The van der Waals surface area contributed by atoms with Crippen LogP contribution in [0.3, 0.4) is 0 Å². The second-order valence-corrected chi connectivity index (χ2v) is 6.38. The van der Waals surface area contributed by atoms with Crippen LogP contribution in [0.25, 0.3) is 0 Å². The lowest BCUT2D eigenvalue weighted by Gasteiger charge is -2.30. The summed E-state index contributed by atoms with van der Waals surface area (Å²) in [7, 11) is 1.92. The maximum absolute atomic E-state index is 12.5. The molecule has 1 N–H and O–H groups in total. The zero-order chi connectivity index (χ0) is 16.9. The summed E-state index contributed by atoms with van der Waals surface area (Å²) in [5.41, 5.74) is 0.747. The predicted octanol–water partition coefficient (Wildman–Crippen LogP) is 2.24. The van der Waals surface area contributed by atoms with Gasteiger partial charge in [0.05, 0.1) is 0 Å². The first kappa shape index (κ1) is 16.6. The number of piperidine rings is 1. The third kappa shape index (κ3) is 3.82. The van der Waals surface area contributed by atoms with Gasteiger partial charge in [-0.05, 0) is 38.9 Å². The topological polar surface area (TPSA) is 71.3 Å². The van der Waals surface area contributed by atoms with Crippen molar-refractivity contribution in [2.45, 2.75) is 38.1 Å². The average Bonchev–Trinajstić information content (AvgIpc) is 3.10. The Morgan fingerprint density at radius 1 is 1.33 bits per heavy atom. The molecule has 1 aliphatic heterocycles. The van der Waals surface area contributed by atoms with Crippen LogP contribution in [0, 0.1) is 0 Å². The van der Waals surface area contributed by atoms with Gasteiger partial charge < -0.3 is 14.7 Å². The van der Waals surface area contributed by atoms with Gasteiger partial charge in [-0.1, -0.05) is 23.4 Å². The minimum absolute atomic E-state index is 0.100. The molecule has 1 unspecified atom stereocenters. The van der Waals surface area contributed by atoms with Gasteiger partial charge in [0.1, 0.15) is 0 Å². The number of hydrogen-bond donors (Lipinski definition) is 1. The number of nitrogens with one attached hydrogen (secondary N) is 1. The Morgan fingerprint density at radius 3 is 2.71 bits per heavy atom. The van der Waals surface area contributed by atoms with Crippen LogP contribution in [0.2, 0.25) is 0 Å². The smallest absolute Gasteiger partial charge is 0.253 e. The molecule has 1 fully saturated rings. The van der Waals surface area contributed by atoms with Crippen molar-refractivity contribution in [1.82, 2.24) is 20.4 Å². The fourth-order valence-electron chi connectivity index (χ4n) is 2.98. The van der Waals surface area contributed by atoms with Crippen molar-refractivity contribution in [1.29, 1.82) is 0 Å². The number of amides is 1. The first-order chi connectivity index (χ1) is 11.7. The summed E-state index contributed by atoms with van der Waals surface area (Å²) < 4.78 is 5.44. The molecular weight excluding hydrogens is 304 g/mol. The third-order valence-corrected chi connectivity index (χ3v) is 4.62. The van der Waals surface area contributed by atoms with Crippen molar-refractivity contribution < 1.29 is 9.32 Å². The molecule has 1 aliphatic rings. The molecule has 1 saturated heterocycles. The van der Waals surface area contributed by atoms with Gasteiger partial charge >= 0.3 is 0 Å². The Hall–Kier alpha value is -2.21. The molecule has 128 valence electrons. The summed E-state index contributed by atoms with van der Waals surface area (Å²) in [6, 6.07) is 9.76. The number of carbonyl (C=O) groups is 1. The van der Waals surface area contributed by atoms with Gasteiger partial charge in [-0.2, -0.15) is 4.98 Å². The Morgan fingerprint density at radius 2 is 2.04 bits per heavy atom. The second kappa shape index (κ2) is 7.57. The Bertz CT molecular complexity index is 663. The number of nitrogens with zero attached hydrogens (tertiary/aromatic N) is 3. The monoisotopic (exact) mass is 328 g/mol. The van der Waals surface area contributed by atoms with E-state index in [1.807, 2.05) is 42.3 Å². The summed E-state index contributed by atoms with van der Waals surface area (Å²) in [6.07, 6.45) is 2.48. The molecule has 1 atom stereocenters. The number of aromatic nitrogens is 2. The van der Waals surface area contributed by atoms with Crippen LogP contribution in [0.15, 0.2) is 34.9 Å². The molecule has 0 radical (unpaired) electrons. The van der Waals surface area contributed by atoms with Gasteiger partial charge in [-0.25, -0.2) is 0 Å². The van der Waals surface area contributed by atoms with Crippen molar-refractivity contribution in [3.63, 3.8) is 0 Å². The molecule has 3 rings (SSSR count). The van der Waals surface area contributed by atoms with Gasteiger partial charge in [0.2, 0.25) is 5.89 Å². The van der Waals surface area contributed by atoms with Crippen LogP contribution in [0.1, 0.15) is 47.8 Å². The first-order valence-electron chi connectivity index (χ1n) is 8.51. The van der Waals surface area contributed by atoms with Gasteiger partial charge in [0.15, 0.2) is 5.82 Å². The molecule has 1 aromatic carbocycles. The first-order valence-corrected chi connectivity index (χ1v) is 8.51. The van der Waals surface area contributed by atoms with E-state index < -0.39 is 0 Å². The van der Waals surface area contributed by atoms with Crippen LogP contribution in [-0.4, -0.2) is 47.1 Å². The van der Waals surface area contributed by atoms with Crippen LogP contribution < -0.4 is 5.32 Å². The quantitative estimate of drug-likeness (QED) is 0.911. The summed E-state index contributed by atoms with van der Waals surface area (Å²) >= 11 is 0. The fourth-order valence-corrected chi connectivity index (χ4v) is 2.98. The van der Waals surface area contributed by atoms with Gasteiger partial charge in [-0.15, -0.1) is 0 Å². The zero-order valence-corrected chi connectivity index (χ0v) is 14.2. The molecule has 2 aromatic rings. The summed E-state index contributed by atoms with van der Waals surface area (Å²) in [5.74, 6) is 1.80. The largest absolute Gasteiger partial charge is 0.339 e. The number of rotatable bonds is 5. The summed E-state index contributed by atoms with van der Waals surface area (Å²) in [6.45, 7) is 3.54. The van der Waals surface area contributed by atoms with Gasteiger partial charge in [-0.3, -0.25) is 4.79 Å². The van der Waals surface area contributed by atoms with Gasteiger partial charge in [0, 0.05) is 37.0 Å². The van der Waals surface area contributed by atoms with Gasteiger partial charge in [0.25, 0.3) is 5.91 Å². The second-order valence-electron chi connectivity index (χ2n) is 6.38. The Labute approximate surface area is 142 Å². The van der Waals surface area contributed by atoms with E-state index in [0.717, 1.165) is 43.7 Å². The molecule has 0 saturated carbocycles. The zero-order valence-electron chi connectivity index (χ0n) is 14.2. The van der Waals surface area contributed by atoms with E-state index in [4.69, 9.17) is 4.52 Å². The highest BCUT2D eigenvalue weighted by Gasteiger charge is 2.28. The highest BCUT2D eigenvalue weighted by atomic mass is 16.5.